The Kier molecular flexibility index (Phi) is 4.73. The maximum absolute atomic E-state index is 12.1. The van der Waals surface area contributed by atoms with Crippen LogP contribution in [-0.2, 0) is 13.0 Å². The highest BCUT2D eigenvalue weighted by atomic mass is 16.5. The van der Waals surface area contributed by atoms with Crippen LogP contribution in [0.3, 0.4) is 0 Å². The molecular weight excluding hydrogens is 340 g/mol. The lowest BCUT2D eigenvalue weighted by molar-refractivity contribution is 0.254. The van der Waals surface area contributed by atoms with E-state index in [4.69, 9.17) is 4.74 Å². The van der Waals surface area contributed by atoms with Gasteiger partial charge in [0.05, 0.1) is 5.69 Å². The van der Waals surface area contributed by atoms with Gasteiger partial charge < -0.3 is 15.0 Å². The number of ether oxygens (including phenoxy) is 1. The van der Waals surface area contributed by atoms with Gasteiger partial charge in [-0.3, -0.25) is 9.78 Å². The normalized spacial score (nSPS) is 16.6. The quantitative estimate of drug-likeness (QED) is 0.729. The Balaban J connectivity index is 1.49. The number of rotatable bonds is 5. The second kappa shape index (κ2) is 7.32. The zero-order valence-electron chi connectivity index (χ0n) is 15.4. The van der Waals surface area contributed by atoms with Crippen molar-refractivity contribution >= 4 is 0 Å². The van der Waals surface area contributed by atoms with Crippen LogP contribution in [0.4, 0.5) is 0 Å². The monoisotopic (exact) mass is 362 g/mol. The molecule has 1 aliphatic rings. The second-order valence-corrected chi connectivity index (χ2v) is 6.91. The van der Waals surface area contributed by atoms with Gasteiger partial charge in [0.2, 0.25) is 0 Å². The smallest absolute Gasteiger partial charge is 0.251 e. The van der Waals surface area contributed by atoms with Gasteiger partial charge in [0.25, 0.3) is 5.56 Å². The van der Waals surface area contributed by atoms with E-state index in [1.807, 2.05) is 31.2 Å². The largest absolute Gasteiger partial charge is 0.490 e. The summed E-state index contributed by atoms with van der Waals surface area (Å²) >= 11 is 0. The van der Waals surface area contributed by atoms with E-state index in [2.05, 4.69) is 39.3 Å². The lowest BCUT2D eigenvalue weighted by Gasteiger charge is -2.14. The first-order valence-corrected chi connectivity index (χ1v) is 9.13. The minimum absolute atomic E-state index is 0.0711. The Labute approximate surface area is 157 Å². The number of fused-ring (bicyclic) bond motifs is 1. The molecule has 27 heavy (non-hydrogen) atoms. The third-order valence-electron chi connectivity index (χ3n) is 4.69. The molecule has 2 aromatic heterocycles. The third kappa shape index (κ3) is 3.90. The van der Waals surface area contributed by atoms with E-state index < -0.39 is 0 Å². The number of H-pyrrole nitrogens is 1. The zero-order chi connectivity index (χ0) is 18.8. The predicted molar refractivity (Wildman–Crippen MR) is 104 cm³/mol. The van der Waals surface area contributed by atoms with Crippen molar-refractivity contribution in [1.29, 1.82) is 0 Å². The SMILES string of the molecule is CC1Cc2cc(CNC(C)c3cc(=O)[nH]c(-c4ccccn4)n3)ccc2O1. The van der Waals surface area contributed by atoms with Crippen molar-refractivity contribution < 1.29 is 4.74 Å². The van der Waals surface area contributed by atoms with Crippen LogP contribution in [0.1, 0.15) is 36.7 Å². The van der Waals surface area contributed by atoms with E-state index in [1.54, 1.807) is 6.20 Å². The standard InChI is InChI=1S/C21H22N4O2/c1-13-9-16-10-15(6-7-19(16)27-13)12-23-14(2)18-11-20(26)25-21(24-18)17-5-3-4-8-22-17/h3-8,10-11,13-14,23H,9,12H2,1-2H3,(H,24,25,26). The Morgan fingerprint density at radius 1 is 1.30 bits per heavy atom. The van der Waals surface area contributed by atoms with Crippen LogP contribution in [0.5, 0.6) is 5.75 Å². The highest BCUT2D eigenvalue weighted by Crippen LogP contribution is 2.29. The van der Waals surface area contributed by atoms with Crippen LogP contribution in [0.25, 0.3) is 11.5 Å². The first-order valence-electron chi connectivity index (χ1n) is 9.13. The second-order valence-electron chi connectivity index (χ2n) is 6.91. The Morgan fingerprint density at radius 2 is 2.19 bits per heavy atom. The Morgan fingerprint density at radius 3 is 3.00 bits per heavy atom. The van der Waals surface area contributed by atoms with Crippen LogP contribution in [0.2, 0.25) is 0 Å². The number of pyridine rings is 1. The van der Waals surface area contributed by atoms with Gasteiger partial charge in [-0.25, -0.2) is 4.98 Å². The molecule has 4 rings (SSSR count). The number of aromatic nitrogens is 3. The van der Waals surface area contributed by atoms with Crippen molar-refractivity contribution in [2.75, 3.05) is 0 Å². The van der Waals surface area contributed by atoms with Crippen molar-refractivity contribution in [3.63, 3.8) is 0 Å². The number of hydrogen-bond acceptors (Lipinski definition) is 5. The average Bonchev–Trinajstić information content (AvgIpc) is 3.05. The Bertz CT molecular complexity index is 1000. The van der Waals surface area contributed by atoms with Gasteiger partial charge in [-0.05, 0) is 43.2 Å². The maximum atomic E-state index is 12.1. The van der Waals surface area contributed by atoms with Crippen molar-refractivity contribution in [3.05, 3.63) is 75.8 Å². The van der Waals surface area contributed by atoms with Gasteiger partial charge in [0.15, 0.2) is 5.82 Å². The highest BCUT2D eigenvalue weighted by molar-refractivity contribution is 5.48. The molecule has 2 atom stereocenters. The zero-order valence-corrected chi connectivity index (χ0v) is 15.4. The van der Waals surface area contributed by atoms with Gasteiger partial charge in [0, 0.05) is 31.3 Å². The molecule has 0 saturated heterocycles. The predicted octanol–water partition coefficient (Wildman–Crippen LogP) is 3.01. The number of hydrogen-bond donors (Lipinski definition) is 2. The highest BCUT2D eigenvalue weighted by Gasteiger charge is 2.19. The lowest BCUT2D eigenvalue weighted by atomic mass is 10.1. The van der Waals surface area contributed by atoms with E-state index in [0.29, 0.717) is 23.8 Å². The van der Waals surface area contributed by atoms with Crippen molar-refractivity contribution in [2.45, 2.75) is 39.0 Å². The summed E-state index contributed by atoms with van der Waals surface area (Å²) in [6, 6.07) is 13.3. The maximum Gasteiger partial charge on any atom is 0.251 e. The third-order valence-corrected chi connectivity index (χ3v) is 4.69. The van der Waals surface area contributed by atoms with E-state index in [-0.39, 0.29) is 17.7 Å². The molecule has 138 valence electrons. The van der Waals surface area contributed by atoms with E-state index in [1.165, 1.54) is 17.2 Å². The molecule has 0 saturated carbocycles. The van der Waals surface area contributed by atoms with E-state index in [0.717, 1.165) is 12.2 Å². The average molecular weight is 362 g/mol. The van der Waals surface area contributed by atoms with Crippen LogP contribution < -0.4 is 15.6 Å². The molecule has 0 aliphatic carbocycles. The van der Waals surface area contributed by atoms with Crippen LogP contribution >= 0.6 is 0 Å². The van der Waals surface area contributed by atoms with Gasteiger partial charge in [-0.15, -0.1) is 0 Å². The molecular formula is C21H22N4O2. The molecule has 3 aromatic rings. The molecule has 6 heteroatoms. The molecule has 6 nitrogen and oxygen atoms in total. The first kappa shape index (κ1) is 17.4. The number of nitrogens with one attached hydrogen (secondary N) is 2. The summed E-state index contributed by atoms with van der Waals surface area (Å²) in [5, 5.41) is 3.45. The van der Waals surface area contributed by atoms with Crippen LogP contribution in [-0.4, -0.2) is 21.1 Å². The van der Waals surface area contributed by atoms with Gasteiger partial charge >= 0.3 is 0 Å². The van der Waals surface area contributed by atoms with Crippen LogP contribution in [0.15, 0.2) is 53.5 Å². The molecule has 0 radical (unpaired) electrons. The molecule has 3 heterocycles. The molecule has 1 aromatic carbocycles. The van der Waals surface area contributed by atoms with Gasteiger partial charge in [0.1, 0.15) is 17.5 Å². The van der Waals surface area contributed by atoms with Gasteiger partial charge in [-0.2, -0.15) is 0 Å². The molecule has 0 fully saturated rings. The minimum atomic E-state index is -0.182. The molecule has 2 N–H and O–H groups in total. The van der Waals surface area contributed by atoms with Crippen molar-refractivity contribution in [2.24, 2.45) is 0 Å². The summed E-state index contributed by atoms with van der Waals surface area (Å²) < 4.78 is 5.75. The summed E-state index contributed by atoms with van der Waals surface area (Å²) in [7, 11) is 0. The minimum Gasteiger partial charge on any atom is -0.490 e. The Hall–Kier alpha value is -2.99. The fourth-order valence-electron chi connectivity index (χ4n) is 3.28. The van der Waals surface area contributed by atoms with Crippen molar-refractivity contribution in [1.82, 2.24) is 20.3 Å². The summed E-state index contributed by atoms with van der Waals surface area (Å²) in [6.45, 7) is 4.77. The molecule has 1 aliphatic heterocycles. The van der Waals surface area contributed by atoms with Crippen LogP contribution in [0, 0.1) is 0 Å². The molecule has 0 amide bonds. The number of nitrogens with zero attached hydrogens (tertiary/aromatic N) is 2. The number of aromatic amines is 1. The summed E-state index contributed by atoms with van der Waals surface area (Å²) in [4.78, 5) is 23.7. The molecule has 0 spiro atoms. The number of benzene rings is 1. The summed E-state index contributed by atoms with van der Waals surface area (Å²) in [5.41, 5.74) is 3.60. The van der Waals surface area contributed by atoms with E-state index in [9.17, 15) is 4.79 Å². The lowest BCUT2D eigenvalue weighted by Crippen LogP contribution is -2.22. The topological polar surface area (TPSA) is 79.9 Å². The fraction of sp³-hybridized carbons (Fsp3) is 0.286. The van der Waals surface area contributed by atoms with Gasteiger partial charge in [-0.1, -0.05) is 18.2 Å². The summed E-state index contributed by atoms with van der Waals surface area (Å²) in [5.74, 6) is 1.46. The van der Waals surface area contributed by atoms with E-state index >= 15 is 0 Å². The summed E-state index contributed by atoms with van der Waals surface area (Å²) in [6.07, 6.45) is 2.87. The molecule has 0 bridgehead atoms. The van der Waals surface area contributed by atoms with Crippen molar-refractivity contribution in [3.8, 4) is 17.3 Å². The fourth-order valence-corrected chi connectivity index (χ4v) is 3.28. The first-order chi connectivity index (χ1) is 13.1. The molecule has 2 unspecified atom stereocenters.